The van der Waals surface area contributed by atoms with E-state index >= 15 is 0 Å². The first-order valence-electron chi connectivity index (χ1n) is 4.11. The topological polar surface area (TPSA) is 0 Å². The molecule has 0 amide bonds. The smallest absolute Gasteiger partial charge is 0.0183 e. The quantitative estimate of drug-likeness (QED) is 0.734. The van der Waals surface area contributed by atoms with E-state index < -0.39 is 0 Å². The SMILES string of the molecule is CCC(Br)Cc1ccc(Br)cc1. The predicted octanol–water partition coefficient (Wildman–Crippen LogP) is 4.17. The zero-order valence-electron chi connectivity index (χ0n) is 7.06. The Kier molecular flexibility index (Phi) is 4.30. The summed E-state index contributed by atoms with van der Waals surface area (Å²) in [7, 11) is 0. The highest BCUT2D eigenvalue weighted by atomic mass is 79.9. The summed E-state index contributed by atoms with van der Waals surface area (Å²) in [6.07, 6.45) is 2.29. The molecule has 12 heavy (non-hydrogen) atoms. The summed E-state index contributed by atoms with van der Waals surface area (Å²) in [5.74, 6) is 0. The Bertz CT molecular complexity index is 228. The Morgan fingerprint density at radius 1 is 1.25 bits per heavy atom. The van der Waals surface area contributed by atoms with Gasteiger partial charge in [0.1, 0.15) is 0 Å². The number of rotatable bonds is 3. The molecule has 1 rings (SSSR count). The zero-order chi connectivity index (χ0) is 8.97. The molecule has 0 fully saturated rings. The van der Waals surface area contributed by atoms with E-state index in [9.17, 15) is 0 Å². The van der Waals surface area contributed by atoms with Crippen LogP contribution in [0, 0.1) is 0 Å². The van der Waals surface area contributed by atoms with Crippen LogP contribution in [0.1, 0.15) is 18.9 Å². The van der Waals surface area contributed by atoms with Gasteiger partial charge in [-0.3, -0.25) is 0 Å². The lowest BCUT2D eigenvalue weighted by atomic mass is 10.1. The maximum atomic E-state index is 3.62. The number of alkyl halides is 1. The van der Waals surface area contributed by atoms with E-state index in [0.29, 0.717) is 4.83 Å². The van der Waals surface area contributed by atoms with Gasteiger partial charge in [-0.15, -0.1) is 0 Å². The molecule has 66 valence electrons. The second-order valence-corrected chi connectivity index (χ2v) is 5.05. The van der Waals surface area contributed by atoms with Crippen LogP contribution >= 0.6 is 31.9 Å². The molecule has 1 unspecified atom stereocenters. The second kappa shape index (κ2) is 5.03. The molecule has 0 bridgehead atoms. The fourth-order valence-corrected chi connectivity index (χ4v) is 1.66. The standard InChI is InChI=1S/C10H12Br2/c1-2-9(11)7-8-3-5-10(12)6-4-8/h3-6,9H,2,7H2,1H3. The van der Waals surface area contributed by atoms with Gasteiger partial charge in [0.05, 0.1) is 0 Å². The molecule has 0 aliphatic carbocycles. The van der Waals surface area contributed by atoms with Gasteiger partial charge >= 0.3 is 0 Å². The molecule has 0 aromatic heterocycles. The second-order valence-electron chi connectivity index (χ2n) is 2.84. The van der Waals surface area contributed by atoms with Gasteiger partial charge < -0.3 is 0 Å². The highest BCUT2D eigenvalue weighted by Gasteiger charge is 2.01. The van der Waals surface area contributed by atoms with E-state index in [1.54, 1.807) is 0 Å². The van der Waals surface area contributed by atoms with Gasteiger partial charge in [0.25, 0.3) is 0 Å². The molecule has 0 aliphatic rings. The highest BCUT2D eigenvalue weighted by Crippen LogP contribution is 2.15. The van der Waals surface area contributed by atoms with Crippen LogP contribution in [-0.4, -0.2) is 4.83 Å². The molecule has 0 heterocycles. The zero-order valence-corrected chi connectivity index (χ0v) is 10.2. The van der Waals surface area contributed by atoms with Crippen LogP contribution in [0.25, 0.3) is 0 Å². The Morgan fingerprint density at radius 3 is 2.33 bits per heavy atom. The lowest BCUT2D eigenvalue weighted by Gasteiger charge is -2.05. The van der Waals surface area contributed by atoms with Crippen LogP contribution in [0.3, 0.4) is 0 Å². The van der Waals surface area contributed by atoms with Gasteiger partial charge in [-0.05, 0) is 30.5 Å². The molecule has 1 aromatic carbocycles. The van der Waals surface area contributed by atoms with E-state index in [4.69, 9.17) is 0 Å². The monoisotopic (exact) mass is 290 g/mol. The molecule has 2 heteroatoms. The van der Waals surface area contributed by atoms with E-state index in [0.717, 1.165) is 10.9 Å². The first kappa shape index (κ1) is 10.3. The molecule has 0 saturated heterocycles. The Hall–Kier alpha value is 0.180. The lowest BCUT2D eigenvalue weighted by Crippen LogP contribution is -1.99. The summed E-state index contributed by atoms with van der Waals surface area (Å²) in [4.78, 5) is 0.610. The van der Waals surface area contributed by atoms with Gasteiger partial charge in [-0.1, -0.05) is 50.9 Å². The molecular weight excluding hydrogens is 280 g/mol. The van der Waals surface area contributed by atoms with Crippen LogP contribution in [0.4, 0.5) is 0 Å². The van der Waals surface area contributed by atoms with Crippen molar-refractivity contribution in [2.45, 2.75) is 24.6 Å². The number of hydrogen-bond acceptors (Lipinski definition) is 0. The first-order valence-corrected chi connectivity index (χ1v) is 5.81. The molecule has 1 aromatic rings. The predicted molar refractivity (Wildman–Crippen MR) is 60.9 cm³/mol. The van der Waals surface area contributed by atoms with E-state index in [1.807, 2.05) is 0 Å². The molecule has 0 nitrogen and oxygen atoms in total. The summed E-state index contributed by atoms with van der Waals surface area (Å²) in [5, 5.41) is 0. The fourth-order valence-electron chi connectivity index (χ4n) is 1.02. The first-order chi connectivity index (χ1) is 5.72. The van der Waals surface area contributed by atoms with Crippen LogP contribution in [0.15, 0.2) is 28.7 Å². The minimum atomic E-state index is 0.610. The van der Waals surface area contributed by atoms with Crippen LogP contribution < -0.4 is 0 Å². The fraction of sp³-hybridized carbons (Fsp3) is 0.400. The van der Waals surface area contributed by atoms with Crippen molar-refractivity contribution in [3.63, 3.8) is 0 Å². The van der Waals surface area contributed by atoms with Crippen molar-refractivity contribution in [2.24, 2.45) is 0 Å². The van der Waals surface area contributed by atoms with Crippen molar-refractivity contribution in [1.29, 1.82) is 0 Å². The molecule has 1 atom stereocenters. The van der Waals surface area contributed by atoms with E-state index in [1.165, 1.54) is 12.0 Å². The van der Waals surface area contributed by atoms with Gasteiger partial charge in [0.15, 0.2) is 0 Å². The molecule has 0 radical (unpaired) electrons. The summed E-state index contributed by atoms with van der Waals surface area (Å²) in [5.41, 5.74) is 1.39. The molecule has 0 N–H and O–H groups in total. The molecular formula is C10H12Br2. The van der Waals surface area contributed by atoms with Gasteiger partial charge in [0, 0.05) is 9.30 Å². The Morgan fingerprint density at radius 2 is 1.83 bits per heavy atom. The number of hydrogen-bond donors (Lipinski definition) is 0. The third kappa shape index (κ3) is 3.28. The summed E-state index contributed by atoms with van der Waals surface area (Å²) in [6.45, 7) is 2.19. The van der Waals surface area contributed by atoms with Gasteiger partial charge in [-0.2, -0.15) is 0 Å². The average molecular weight is 292 g/mol. The van der Waals surface area contributed by atoms with Crippen LogP contribution in [0.5, 0.6) is 0 Å². The summed E-state index contributed by atoms with van der Waals surface area (Å²) >= 11 is 7.04. The van der Waals surface area contributed by atoms with Crippen LogP contribution in [-0.2, 0) is 6.42 Å². The minimum Gasteiger partial charge on any atom is -0.0887 e. The Balaban J connectivity index is 2.58. The number of halogens is 2. The van der Waals surface area contributed by atoms with Gasteiger partial charge in [0.2, 0.25) is 0 Å². The average Bonchev–Trinajstić information content (AvgIpc) is 2.09. The van der Waals surface area contributed by atoms with Crippen molar-refractivity contribution in [3.05, 3.63) is 34.3 Å². The van der Waals surface area contributed by atoms with Crippen LogP contribution in [0.2, 0.25) is 0 Å². The van der Waals surface area contributed by atoms with E-state index in [2.05, 4.69) is 63.0 Å². The lowest BCUT2D eigenvalue weighted by molar-refractivity contribution is 0.829. The molecule has 0 saturated carbocycles. The largest absolute Gasteiger partial charge is 0.0887 e. The summed E-state index contributed by atoms with van der Waals surface area (Å²) in [6, 6.07) is 8.50. The maximum Gasteiger partial charge on any atom is 0.0183 e. The third-order valence-electron chi connectivity index (χ3n) is 1.81. The minimum absolute atomic E-state index is 0.610. The highest BCUT2D eigenvalue weighted by molar-refractivity contribution is 9.10. The molecule has 0 aliphatic heterocycles. The van der Waals surface area contributed by atoms with Crippen molar-refractivity contribution in [1.82, 2.24) is 0 Å². The maximum absolute atomic E-state index is 3.62. The summed E-state index contributed by atoms with van der Waals surface area (Å²) < 4.78 is 1.15. The van der Waals surface area contributed by atoms with Gasteiger partial charge in [-0.25, -0.2) is 0 Å². The van der Waals surface area contributed by atoms with Crippen molar-refractivity contribution in [3.8, 4) is 0 Å². The normalized spacial score (nSPS) is 12.9. The van der Waals surface area contributed by atoms with E-state index in [-0.39, 0.29) is 0 Å². The third-order valence-corrected chi connectivity index (χ3v) is 3.31. The van der Waals surface area contributed by atoms with Crippen molar-refractivity contribution < 1.29 is 0 Å². The van der Waals surface area contributed by atoms with Crippen molar-refractivity contribution in [2.75, 3.05) is 0 Å². The Labute approximate surface area is 90.6 Å². The molecule has 0 spiro atoms. The number of benzene rings is 1. The van der Waals surface area contributed by atoms with Crippen molar-refractivity contribution >= 4 is 31.9 Å².